The van der Waals surface area contributed by atoms with Crippen molar-refractivity contribution >= 4 is 0 Å². The van der Waals surface area contributed by atoms with Gasteiger partial charge in [0.05, 0.1) is 12.6 Å². The zero-order chi connectivity index (χ0) is 13.8. The summed E-state index contributed by atoms with van der Waals surface area (Å²) >= 11 is 0. The lowest BCUT2D eigenvalue weighted by atomic mass is 10.1. The predicted molar refractivity (Wildman–Crippen MR) is 79.4 cm³/mol. The normalized spacial score (nSPS) is 20.1. The maximum Gasteiger partial charge on any atom is 0.134 e. The maximum atomic E-state index is 5.88. The van der Waals surface area contributed by atoms with E-state index < -0.39 is 0 Å². The van der Waals surface area contributed by atoms with Crippen LogP contribution in [-0.2, 0) is 11.3 Å². The van der Waals surface area contributed by atoms with E-state index in [1.807, 2.05) is 30.3 Å². The first-order chi connectivity index (χ1) is 9.83. The summed E-state index contributed by atoms with van der Waals surface area (Å²) in [4.78, 5) is 0. The molecule has 3 heteroatoms. The molecular formula is C17H21NO2. The first-order valence-corrected chi connectivity index (χ1v) is 7.32. The second-order valence-corrected chi connectivity index (χ2v) is 5.35. The fourth-order valence-electron chi connectivity index (χ4n) is 2.62. The van der Waals surface area contributed by atoms with E-state index in [9.17, 15) is 0 Å². The number of ether oxygens (including phenoxy) is 1. The summed E-state index contributed by atoms with van der Waals surface area (Å²) in [7, 11) is 0. The summed E-state index contributed by atoms with van der Waals surface area (Å²) < 4.78 is 11.6. The van der Waals surface area contributed by atoms with Crippen LogP contribution in [0.5, 0.6) is 0 Å². The van der Waals surface area contributed by atoms with Crippen LogP contribution < -0.4 is 5.32 Å². The molecule has 2 unspecified atom stereocenters. The van der Waals surface area contributed by atoms with Crippen molar-refractivity contribution in [3.8, 4) is 11.3 Å². The molecule has 20 heavy (non-hydrogen) atoms. The largest absolute Gasteiger partial charge is 0.460 e. The Morgan fingerprint density at radius 1 is 1.20 bits per heavy atom. The molecule has 2 atom stereocenters. The second-order valence-electron chi connectivity index (χ2n) is 5.35. The van der Waals surface area contributed by atoms with E-state index in [-0.39, 0.29) is 0 Å². The highest BCUT2D eigenvalue weighted by molar-refractivity contribution is 5.57. The Morgan fingerprint density at radius 2 is 2.05 bits per heavy atom. The van der Waals surface area contributed by atoms with Crippen molar-refractivity contribution < 1.29 is 9.15 Å². The highest BCUT2D eigenvalue weighted by atomic mass is 16.5. The van der Waals surface area contributed by atoms with E-state index in [1.54, 1.807) is 0 Å². The summed E-state index contributed by atoms with van der Waals surface area (Å²) in [5.41, 5.74) is 1.12. The Kier molecular flexibility index (Phi) is 4.19. The number of nitrogens with one attached hydrogen (secondary N) is 1. The number of hydrogen-bond donors (Lipinski definition) is 1. The summed E-state index contributed by atoms with van der Waals surface area (Å²) in [6, 6.07) is 14.6. The SMILES string of the molecule is CC(NCc1ccc(-c2ccccc2)o1)C1CCCO1. The van der Waals surface area contributed by atoms with Gasteiger partial charge in [-0.2, -0.15) is 0 Å². The maximum absolute atomic E-state index is 5.88. The van der Waals surface area contributed by atoms with Crippen molar-refractivity contribution in [2.45, 2.75) is 38.5 Å². The first kappa shape index (κ1) is 13.4. The van der Waals surface area contributed by atoms with E-state index in [2.05, 4.69) is 24.4 Å². The number of furan rings is 1. The molecular weight excluding hydrogens is 250 g/mol. The molecule has 3 nitrogen and oxygen atoms in total. The average Bonchev–Trinajstić information content (AvgIpc) is 3.17. The van der Waals surface area contributed by atoms with E-state index >= 15 is 0 Å². The molecule has 0 aliphatic carbocycles. The van der Waals surface area contributed by atoms with Gasteiger partial charge in [-0.15, -0.1) is 0 Å². The monoisotopic (exact) mass is 271 g/mol. The molecule has 1 aromatic carbocycles. The van der Waals surface area contributed by atoms with E-state index in [1.165, 1.54) is 6.42 Å². The van der Waals surface area contributed by atoms with Gasteiger partial charge in [-0.25, -0.2) is 0 Å². The summed E-state index contributed by atoms with van der Waals surface area (Å²) in [5, 5.41) is 3.49. The van der Waals surface area contributed by atoms with Crippen molar-refractivity contribution in [1.29, 1.82) is 0 Å². The number of benzene rings is 1. The molecule has 0 bridgehead atoms. The van der Waals surface area contributed by atoms with Crippen LogP contribution in [0.2, 0.25) is 0 Å². The summed E-state index contributed by atoms with van der Waals surface area (Å²) in [5.74, 6) is 1.89. The van der Waals surface area contributed by atoms with E-state index in [0.717, 1.165) is 36.7 Å². The summed E-state index contributed by atoms with van der Waals surface area (Å²) in [6.07, 6.45) is 2.68. The lowest BCUT2D eigenvalue weighted by Gasteiger charge is -2.19. The number of rotatable bonds is 5. The summed E-state index contributed by atoms with van der Waals surface area (Å²) in [6.45, 7) is 3.82. The molecule has 1 N–H and O–H groups in total. The molecule has 2 aromatic rings. The topological polar surface area (TPSA) is 34.4 Å². The van der Waals surface area contributed by atoms with Gasteiger partial charge in [0.2, 0.25) is 0 Å². The quantitative estimate of drug-likeness (QED) is 0.902. The van der Waals surface area contributed by atoms with Gasteiger partial charge < -0.3 is 14.5 Å². The van der Waals surface area contributed by atoms with Gasteiger partial charge in [-0.1, -0.05) is 30.3 Å². The number of hydrogen-bond acceptors (Lipinski definition) is 3. The third-order valence-corrected chi connectivity index (χ3v) is 3.84. The minimum Gasteiger partial charge on any atom is -0.460 e. The van der Waals surface area contributed by atoms with Crippen LogP contribution in [0.15, 0.2) is 46.9 Å². The van der Waals surface area contributed by atoms with Gasteiger partial charge in [0.15, 0.2) is 0 Å². The standard InChI is InChI=1S/C17H21NO2/c1-13(16-8-5-11-19-16)18-12-15-9-10-17(20-15)14-6-3-2-4-7-14/h2-4,6-7,9-10,13,16,18H,5,8,11-12H2,1H3. The molecule has 0 saturated carbocycles. The molecule has 2 heterocycles. The molecule has 0 radical (unpaired) electrons. The van der Waals surface area contributed by atoms with Gasteiger partial charge in [0, 0.05) is 18.2 Å². The third kappa shape index (κ3) is 3.11. The Labute approximate surface area is 119 Å². The smallest absolute Gasteiger partial charge is 0.134 e. The van der Waals surface area contributed by atoms with Crippen LogP contribution in [0, 0.1) is 0 Å². The molecule has 3 rings (SSSR count). The van der Waals surface area contributed by atoms with Gasteiger partial charge in [-0.3, -0.25) is 0 Å². The second kappa shape index (κ2) is 6.25. The van der Waals surface area contributed by atoms with Crippen LogP contribution in [-0.4, -0.2) is 18.8 Å². The fraction of sp³-hybridized carbons (Fsp3) is 0.412. The molecule has 1 aliphatic rings. The zero-order valence-corrected chi connectivity index (χ0v) is 11.8. The van der Waals surface area contributed by atoms with Crippen molar-refractivity contribution in [1.82, 2.24) is 5.32 Å². The molecule has 1 saturated heterocycles. The van der Waals surface area contributed by atoms with Crippen LogP contribution >= 0.6 is 0 Å². The van der Waals surface area contributed by atoms with E-state index in [4.69, 9.17) is 9.15 Å². The van der Waals surface area contributed by atoms with Crippen molar-refractivity contribution in [3.63, 3.8) is 0 Å². The van der Waals surface area contributed by atoms with Gasteiger partial charge in [0.25, 0.3) is 0 Å². The van der Waals surface area contributed by atoms with Crippen LogP contribution in [0.1, 0.15) is 25.5 Å². The predicted octanol–water partition coefficient (Wildman–Crippen LogP) is 3.60. The van der Waals surface area contributed by atoms with Crippen LogP contribution in [0.25, 0.3) is 11.3 Å². The molecule has 0 spiro atoms. The Hall–Kier alpha value is -1.58. The van der Waals surface area contributed by atoms with Crippen molar-refractivity contribution in [3.05, 3.63) is 48.2 Å². The lowest BCUT2D eigenvalue weighted by molar-refractivity contribution is 0.0826. The average molecular weight is 271 g/mol. The minimum atomic E-state index is 0.346. The van der Waals surface area contributed by atoms with Gasteiger partial charge in [0.1, 0.15) is 11.5 Å². The Bertz CT molecular complexity index is 529. The minimum absolute atomic E-state index is 0.346. The fourth-order valence-corrected chi connectivity index (χ4v) is 2.62. The zero-order valence-electron chi connectivity index (χ0n) is 11.8. The Morgan fingerprint density at radius 3 is 2.80 bits per heavy atom. The van der Waals surface area contributed by atoms with Crippen molar-refractivity contribution in [2.24, 2.45) is 0 Å². The highest BCUT2D eigenvalue weighted by Gasteiger charge is 2.21. The van der Waals surface area contributed by atoms with Crippen molar-refractivity contribution in [2.75, 3.05) is 6.61 Å². The van der Waals surface area contributed by atoms with Crippen LogP contribution in [0.3, 0.4) is 0 Å². The lowest BCUT2D eigenvalue weighted by Crippen LogP contribution is -2.36. The highest BCUT2D eigenvalue weighted by Crippen LogP contribution is 2.22. The van der Waals surface area contributed by atoms with Crippen LogP contribution in [0.4, 0.5) is 0 Å². The molecule has 1 fully saturated rings. The molecule has 0 amide bonds. The van der Waals surface area contributed by atoms with Gasteiger partial charge in [-0.05, 0) is 31.9 Å². The van der Waals surface area contributed by atoms with E-state index in [0.29, 0.717) is 12.1 Å². The third-order valence-electron chi connectivity index (χ3n) is 3.84. The molecule has 1 aromatic heterocycles. The Balaban J connectivity index is 1.57. The first-order valence-electron chi connectivity index (χ1n) is 7.32. The van der Waals surface area contributed by atoms with Gasteiger partial charge >= 0.3 is 0 Å². The molecule has 106 valence electrons. The molecule has 1 aliphatic heterocycles.